The lowest BCUT2D eigenvalue weighted by molar-refractivity contribution is -0.0362. The van der Waals surface area contributed by atoms with E-state index < -0.39 is 5.60 Å². The monoisotopic (exact) mass is 544 g/mol. The van der Waals surface area contributed by atoms with E-state index in [9.17, 15) is 0 Å². The van der Waals surface area contributed by atoms with Gasteiger partial charge in [-0.15, -0.1) is 0 Å². The largest absolute Gasteiger partial charge is 0.382 e. The first kappa shape index (κ1) is 28.5. The first-order valence-corrected chi connectivity index (χ1v) is 14.7. The van der Waals surface area contributed by atoms with E-state index in [4.69, 9.17) is 30.9 Å². The normalized spacial score (nSPS) is 14.6. The summed E-state index contributed by atoms with van der Waals surface area (Å²) in [5, 5.41) is 1.04. The lowest BCUT2D eigenvalue weighted by Gasteiger charge is -2.28. The number of nitrogens with zero attached hydrogens (tertiary/aromatic N) is 4. The number of imidazole rings is 1. The van der Waals surface area contributed by atoms with E-state index in [1.54, 1.807) is 0 Å². The third kappa shape index (κ3) is 6.63. The molecule has 8 nitrogen and oxygen atoms in total. The number of nitrogen functional groups attached to an aromatic ring is 1. The maximum Gasteiger partial charge on any atom is 0.152 e. The van der Waals surface area contributed by atoms with Gasteiger partial charge >= 0.3 is 0 Å². The molecule has 3 heterocycles. The molecule has 5 rings (SSSR count). The molecule has 1 fully saturated rings. The van der Waals surface area contributed by atoms with Crippen LogP contribution in [-0.4, -0.2) is 64.4 Å². The number of pyridine rings is 1. The van der Waals surface area contributed by atoms with Crippen LogP contribution in [-0.2, 0) is 35.5 Å². The summed E-state index contributed by atoms with van der Waals surface area (Å²) >= 11 is 0. The van der Waals surface area contributed by atoms with E-state index in [0.29, 0.717) is 38.7 Å². The van der Waals surface area contributed by atoms with Gasteiger partial charge in [0.2, 0.25) is 0 Å². The molecule has 0 spiro atoms. The van der Waals surface area contributed by atoms with Crippen molar-refractivity contribution in [1.29, 1.82) is 0 Å². The Morgan fingerprint density at radius 1 is 0.975 bits per heavy atom. The van der Waals surface area contributed by atoms with Crippen molar-refractivity contribution in [2.75, 3.05) is 45.1 Å². The summed E-state index contributed by atoms with van der Waals surface area (Å²) in [6, 6.07) is 15.2. The van der Waals surface area contributed by atoms with Crippen LogP contribution in [0.3, 0.4) is 0 Å². The molecule has 0 atom stereocenters. The minimum Gasteiger partial charge on any atom is -0.382 e. The maximum atomic E-state index is 6.52. The quantitative estimate of drug-likeness (QED) is 0.252. The van der Waals surface area contributed by atoms with E-state index >= 15 is 0 Å². The number of ether oxygens (including phenoxy) is 2. The number of benzene rings is 2. The van der Waals surface area contributed by atoms with Gasteiger partial charge in [0.25, 0.3) is 0 Å². The average Bonchev–Trinajstić information content (AvgIpc) is 3.57. The van der Waals surface area contributed by atoms with Crippen molar-refractivity contribution in [2.24, 2.45) is 5.73 Å². The standard InChI is InChI=1S/C32H44N6O2/c1-4-39-21-28-36-29-30(38(28)22-32(2,3)40-18-17-37-15-5-6-16-37)26-12-11-25(20-27(26)35-31(29)34)19-24-9-7-23(8-10-24)13-14-33/h7-12,20H,4-6,13-19,21-22,33H2,1-3H3,(H2,34,35). The van der Waals surface area contributed by atoms with E-state index in [1.165, 1.54) is 42.6 Å². The number of anilines is 1. The Hall–Kier alpha value is -3.04. The van der Waals surface area contributed by atoms with Crippen molar-refractivity contribution in [3.63, 3.8) is 0 Å². The highest BCUT2D eigenvalue weighted by Gasteiger charge is 2.26. The zero-order valence-electron chi connectivity index (χ0n) is 24.3. The molecular formula is C32H44N6O2. The minimum atomic E-state index is -0.394. The Bertz CT molecular complexity index is 1420. The average molecular weight is 545 g/mol. The Morgan fingerprint density at radius 2 is 1.70 bits per heavy atom. The highest BCUT2D eigenvalue weighted by Crippen LogP contribution is 2.32. The third-order valence-corrected chi connectivity index (χ3v) is 7.78. The van der Waals surface area contributed by atoms with Crippen LogP contribution in [0.5, 0.6) is 0 Å². The van der Waals surface area contributed by atoms with E-state index in [2.05, 4.69) is 65.8 Å². The second-order valence-electron chi connectivity index (χ2n) is 11.5. The summed E-state index contributed by atoms with van der Waals surface area (Å²) < 4.78 is 14.5. The van der Waals surface area contributed by atoms with Crippen molar-refractivity contribution < 1.29 is 9.47 Å². The van der Waals surface area contributed by atoms with Gasteiger partial charge in [-0.05, 0) is 88.8 Å². The first-order chi connectivity index (χ1) is 19.4. The van der Waals surface area contributed by atoms with Crippen LogP contribution in [0.2, 0.25) is 0 Å². The lowest BCUT2D eigenvalue weighted by Crippen LogP contribution is -2.35. The summed E-state index contributed by atoms with van der Waals surface area (Å²) in [4.78, 5) is 12.2. The zero-order chi connectivity index (χ0) is 28.1. The van der Waals surface area contributed by atoms with Crippen molar-refractivity contribution in [2.45, 2.75) is 65.2 Å². The highest BCUT2D eigenvalue weighted by molar-refractivity contribution is 6.06. The molecule has 40 heavy (non-hydrogen) atoms. The number of fused-ring (bicyclic) bond motifs is 3. The van der Waals surface area contributed by atoms with Gasteiger partial charge in [-0.25, -0.2) is 9.97 Å². The molecule has 4 N–H and O–H groups in total. The summed E-state index contributed by atoms with van der Waals surface area (Å²) in [6.07, 6.45) is 4.30. The molecule has 1 saturated heterocycles. The Balaban J connectivity index is 1.45. The van der Waals surface area contributed by atoms with E-state index in [1.807, 2.05) is 6.92 Å². The molecule has 0 radical (unpaired) electrons. The molecule has 2 aromatic heterocycles. The first-order valence-electron chi connectivity index (χ1n) is 14.7. The molecule has 2 aromatic carbocycles. The van der Waals surface area contributed by atoms with Gasteiger partial charge in [0.05, 0.1) is 29.8 Å². The fourth-order valence-corrected chi connectivity index (χ4v) is 5.70. The molecule has 0 bridgehead atoms. The van der Waals surface area contributed by atoms with Crippen LogP contribution >= 0.6 is 0 Å². The topological polar surface area (TPSA) is 104 Å². The smallest absolute Gasteiger partial charge is 0.152 e. The van der Waals surface area contributed by atoms with Gasteiger partial charge in [0, 0.05) is 18.5 Å². The van der Waals surface area contributed by atoms with Crippen LogP contribution in [0.15, 0.2) is 42.5 Å². The minimum absolute atomic E-state index is 0.394. The molecule has 0 aliphatic carbocycles. The third-order valence-electron chi connectivity index (χ3n) is 7.78. The number of nitrogens with two attached hydrogens (primary N) is 2. The van der Waals surface area contributed by atoms with Crippen molar-refractivity contribution in [3.05, 3.63) is 65.0 Å². The Labute approximate surface area is 237 Å². The van der Waals surface area contributed by atoms with Crippen LogP contribution in [0.1, 0.15) is 56.1 Å². The highest BCUT2D eigenvalue weighted by atomic mass is 16.5. The Kier molecular flexibility index (Phi) is 9.00. The molecule has 1 aliphatic rings. The molecule has 1 aliphatic heterocycles. The van der Waals surface area contributed by atoms with Crippen LogP contribution < -0.4 is 11.5 Å². The summed E-state index contributed by atoms with van der Waals surface area (Å²) in [5.74, 6) is 1.28. The number of rotatable bonds is 13. The van der Waals surface area contributed by atoms with Crippen molar-refractivity contribution >= 4 is 27.8 Å². The van der Waals surface area contributed by atoms with Crippen molar-refractivity contribution in [1.82, 2.24) is 19.4 Å². The van der Waals surface area contributed by atoms with Crippen molar-refractivity contribution in [3.8, 4) is 0 Å². The lowest BCUT2D eigenvalue weighted by atomic mass is 10.0. The van der Waals surface area contributed by atoms with Gasteiger partial charge in [-0.2, -0.15) is 0 Å². The van der Waals surface area contributed by atoms with E-state index in [-0.39, 0.29) is 0 Å². The number of likely N-dealkylation sites (tertiary alicyclic amines) is 1. The molecule has 0 unspecified atom stereocenters. The molecular weight excluding hydrogens is 500 g/mol. The Morgan fingerprint density at radius 3 is 2.42 bits per heavy atom. The molecule has 0 amide bonds. The van der Waals surface area contributed by atoms with Gasteiger partial charge in [-0.3, -0.25) is 0 Å². The molecule has 214 valence electrons. The number of hydrogen-bond donors (Lipinski definition) is 2. The van der Waals surface area contributed by atoms with Gasteiger partial charge in [0.15, 0.2) is 5.82 Å². The fraction of sp³-hybridized carbons (Fsp3) is 0.500. The second kappa shape index (κ2) is 12.6. The molecule has 8 heteroatoms. The number of aromatic nitrogens is 3. The fourth-order valence-electron chi connectivity index (χ4n) is 5.70. The van der Waals surface area contributed by atoms with Gasteiger partial charge < -0.3 is 30.4 Å². The predicted molar refractivity (Wildman–Crippen MR) is 162 cm³/mol. The molecule has 0 saturated carbocycles. The summed E-state index contributed by atoms with van der Waals surface area (Å²) in [6.45, 7) is 12.7. The maximum absolute atomic E-state index is 6.52. The van der Waals surface area contributed by atoms with Gasteiger partial charge in [-0.1, -0.05) is 36.4 Å². The zero-order valence-corrected chi connectivity index (χ0v) is 24.3. The van der Waals surface area contributed by atoms with E-state index in [0.717, 1.165) is 47.1 Å². The second-order valence-corrected chi connectivity index (χ2v) is 11.5. The SMILES string of the molecule is CCOCc1nc2c(N)nc3cc(Cc4ccc(CCN)cc4)ccc3c2n1CC(C)(C)OCCN1CCCC1. The van der Waals surface area contributed by atoms with Crippen LogP contribution in [0.4, 0.5) is 5.82 Å². The van der Waals surface area contributed by atoms with Crippen LogP contribution in [0.25, 0.3) is 21.9 Å². The number of hydrogen-bond acceptors (Lipinski definition) is 7. The van der Waals surface area contributed by atoms with Crippen LogP contribution in [0, 0.1) is 0 Å². The summed E-state index contributed by atoms with van der Waals surface area (Å²) in [5.41, 5.74) is 18.1. The summed E-state index contributed by atoms with van der Waals surface area (Å²) in [7, 11) is 0. The predicted octanol–water partition coefficient (Wildman–Crippen LogP) is 4.69. The molecule has 4 aromatic rings. The van der Waals surface area contributed by atoms with Gasteiger partial charge in [0.1, 0.15) is 17.9 Å².